The van der Waals surface area contributed by atoms with Crippen molar-refractivity contribution in [3.8, 4) is 5.75 Å². The van der Waals surface area contributed by atoms with Crippen molar-refractivity contribution in [1.82, 2.24) is 4.90 Å². The van der Waals surface area contributed by atoms with Gasteiger partial charge in [-0.05, 0) is 12.5 Å². The van der Waals surface area contributed by atoms with Crippen LogP contribution in [-0.4, -0.2) is 35.8 Å². The maximum atomic E-state index is 12.2. The van der Waals surface area contributed by atoms with Crippen molar-refractivity contribution in [3.63, 3.8) is 0 Å². The second-order valence-corrected chi connectivity index (χ2v) is 4.16. The van der Waals surface area contributed by atoms with Crippen molar-refractivity contribution >= 4 is 0 Å². The Bertz CT molecular complexity index is 373. The highest BCUT2D eigenvalue weighted by atomic mass is 19.3. The lowest BCUT2D eigenvalue weighted by Crippen LogP contribution is -2.22. The number of aliphatic hydroxyl groups excluding tert-OH is 1. The number of ether oxygens (including phenoxy) is 1. The van der Waals surface area contributed by atoms with Gasteiger partial charge in [0.1, 0.15) is 5.75 Å². The van der Waals surface area contributed by atoms with Gasteiger partial charge in [0.15, 0.2) is 0 Å². The van der Waals surface area contributed by atoms with Crippen LogP contribution >= 0.6 is 0 Å². The van der Waals surface area contributed by atoms with Gasteiger partial charge in [0, 0.05) is 25.2 Å². The molecule has 0 bridgehead atoms. The molecule has 0 spiro atoms. The molecule has 0 radical (unpaired) electrons. The van der Waals surface area contributed by atoms with E-state index >= 15 is 0 Å². The number of para-hydroxylation sites is 1. The minimum Gasteiger partial charge on any atom is -0.434 e. The number of rotatable bonds is 4. The van der Waals surface area contributed by atoms with E-state index in [1.54, 1.807) is 18.2 Å². The summed E-state index contributed by atoms with van der Waals surface area (Å²) in [6.45, 7) is -0.909. The van der Waals surface area contributed by atoms with Crippen molar-refractivity contribution in [2.45, 2.75) is 25.7 Å². The first-order valence-electron chi connectivity index (χ1n) is 5.58. The zero-order valence-electron chi connectivity index (χ0n) is 9.35. The number of hydrogen-bond donors (Lipinski definition) is 1. The molecule has 3 nitrogen and oxygen atoms in total. The van der Waals surface area contributed by atoms with Crippen LogP contribution < -0.4 is 4.74 Å². The molecule has 0 saturated carbocycles. The van der Waals surface area contributed by atoms with Gasteiger partial charge in [0.2, 0.25) is 0 Å². The number of nitrogens with zero attached hydrogens (tertiary/aromatic N) is 1. The first kappa shape index (κ1) is 12.3. The predicted octanol–water partition coefficient (Wildman–Crippen LogP) is 1.85. The van der Waals surface area contributed by atoms with Gasteiger partial charge in [0.25, 0.3) is 0 Å². The molecule has 1 N–H and O–H groups in total. The van der Waals surface area contributed by atoms with E-state index in [2.05, 4.69) is 4.74 Å². The van der Waals surface area contributed by atoms with Crippen molar-refractivity contribution < 1.29 is 18.6 Å². The zero-order chi connectivity index (χ0) is 12.3. The summed E-state index contributed by atoms with van der Waals surface area (Å²) in [5.74, 6) is 0.212. The second-order valence-electron chi connectivity index (χ2n) is 4.16. The molecule has 94 valence electrons. The minimum absolute atomic E-state index is 0.212. The standard InChI is InChI=1S/C12H15F2NO2/c13-12(14)17-11-4-2-1-3-9(11)7-15-6-5-10(16)8-15/h1-4,10,12,16H,5-8H2. The van der Waals surface area contributed by atoms with Crippen molar-refractivity contribution in [2.75, 3.05) is 13.1 Å². The fraction of sp³-hybridized carbons (Fsp3) is 0.500. The molecule has 17 heavy (non-hydrogen) atoms. The third-order valence-corrected chi connectivity index (χ3v) is 2.83. The van der Waals surface area contributed by atoms with Crippen molar-refractivity contribution in [1.29, 1.82) is 0 Å². The Morgan fingerprint density at radius 3 is 2.82 bits per heavy atom. The van der Waals surface area contributed by atoms with E-state index in [4.69, 9.17) is 0 Å². The van der Waals surface area contributed by atoms with E-state index in [1.807, 2.05) is 4.90 Å². The Hall–Kier alpha value is -1.20. The molecule has 2 rings (SSSR count). The molecule has 0 aromatic heterocycles. The predicted molar refractivity (Wildman–Crippen MR) is 59.0 cm³/mol. The molecule has 1 aromatic rings. The quantitative estimate of drug-likeness (QED) is 0.876. The summed E-state index contributed by atoms with van der Waals surface area (Å²) in [5.41, 5.74) is 0.724. The van der Waals surface area contributed by atoms with Gasteiger partial charge in [-0.1, -0.05) is 18.2 Å². The van der Waals surface area contributed by atoms with Crippen LogP contribution in [-0.2, 0) is 6.54 Å². The molecule has 1 fully saturated rings. The summed E-state index contributed by atoms with van der Waals surface area (Å²) in [6, 6.07) is 6.76. The lowest BCUT2D eigenvalue weighted by molar-refractivity contribution is -0.0507. The number of hydrogen-bond acceptors (Lipinski definition) is 3. The number of likely N-dealkylation sites (tertiary alicyclic amines) is 1. The van der Waals surface area contributed by atoms with Gasteiger partial charge < -0.3 is 9.84 Å². The number of β-amino-alcohol motifs (C(OH)–C–C–N with tert-alkyl or cyclic N) is 1. The smallest absolute Gasteiger partial charge is 0.387 e. The first-order valence-corrected chi connectivity index (χ1v) is 5.58. The van der Waals surface area contributed by atoms with Gasteiger partial charge in [-0.25, -0.2) is 0 Å². The molecule has 0 aliphatic carbocycles. The Kier molecular flexibility index (Phi) is 3.91. The third-order valence-electron chi connectivity index (χ3n) is 2.83. The fourth-order valence-electron chi connectivity index (χ4n) is 2.04. The van der Waals surface area contributed by atoms with Gasteiger partial charge in [-0.15, -0.1) is 0 Å². The summed E-state index contributed by atoms with van der Waals surface area (Å²) in [6.07, 6.45) is 0.427. The topological polar surface area (TPSA) is 32.7 Å². The SMILES string of the molecule is OC1CCN(Cc2ccccc2OC(F)F)C1. The summed E-state index contributed by atoms with van der Waals surface area (Å²) in [7, 11) is 0. The average Bonchev–Trinajstić information content (AvgIpc) is 2.66. The third kappa shape index (κ3) is 3.38. The number of benzene rings is 1. The molecule has 1 unspecified atom stereocenters. The van der Waals surface area contributed by atoms with Gasteiger partial charge in [-0.3, -0.25) is 4.90 Å². The highest BCUT2D eigenvalue weighted by Crippen LogP contribution is 2.23. The van der Waals surface area contributed by atoms with Crippen LogP contribution in [0.15, 0.2) is 24.3 Å². The van der Waals surface area contributed by atoms with Crippen molar-refractivity contribution in [3.05, 3.63) is 29.8 Å². The van der Waals surface area contributed by atoms with E-state index in [9.17, 15) is 13.9 Å². The maximum Gasteiger partial charge on any atom is 0.387 e. The highest BCUT2D eigenvalue weighted by Gasteiger charge is 2.21. The van der Waals surface area contributed by atoms with Gasteiger partial charge in [-0.2, -0.15) is 8.78 Å². The molecule has 0 amide bonds. The average molecular weight is 243 g/mol. The van der Waals surface area contributed by atoms with Crippen LogP contribution in [0.2, 0.25) is 0 Å². The summed E-state index contributed by atoms with van der Waals surface area (Å²) < 4.78 is 28.9. The summed E-state index contributed by atoms with van der Waals surface area (Å²) >= 11 is 0. The zero-order valence-corrected chi connectivity index (χ0v) is 9.35. The fourth-order valence-corrected chi connectivity index (χ4v) is 2.04. The van der Waals surface area contributed by atoms with Crippen LogP contribution in [0.1, 0.15) is 12.0 Å². The van der Waals surface area contributed by atoms with Crippen LogP contribution in [0.3, 0.4) is 0 Å². The van der Waals surface area contributed by atoms with E-state index in [0.29, 0.717) is 13.1 Å². The largest absolute Gasteiger partial charge is 0.434 e. The molecular weight excluding hydrogens is 228 g/mol. The minimum atomic E-state index is -2.81. The van der Waals surface area contributed by atoms with Crippen LogP contribution in [0, 0.1) is 0 Å². The molecule has 1 aromatic carbocycles. The molecule has 1 aliphatic heterocycles. The molecule has 1 aliphatic rings. The lowest BCUT2D eigenvalue weighted by Gasteiger charge is -2.17. The lowest BCUT2D eigenvalue weighted by atomic mass is 10.2. The Morgan fingerprint density at radius 1 is 1.41 bits per heavy atom. The van der Waals surface area contributed by atoms with Crippen molar-refractivity contribution in [2.24, 2.45) is 0 Å². The van der Waals surface area contributed by atoms with E-state index in [0.717, 1.165) is 18.5 Å². The number of aliphatic hydroxyl groups is 1. The second kappa shape index (κ2) is 5.42. The Balaban J connectivity index is 2.04. The first-order chi connectivity index (χ1) is 8.15. The monoisotopic (exact) mass is 243 g/mol. The van der Waals surface area contributed by atoms with E-state index < -0.39 is 6.61 Å². The molecule has 1 atom stereocenters. The molecule has 1 heterocycles. The summed E-state index contributed by atoms with van der Waals surface area (Å²) in [5, 5.41) is 9.40. The molecule has 1 saturated heterocycles. The van der Waals surface area contributed by atoms with Crippen LogP contribution in [0.25, 0.3) is 0 Å². The van der Waals surface area contributed by atoms with E-state index in [-0.39, 0.29) is 11.9 Å². The summed E-state index contributed by atoms with van der Waals surface area (Å²) in [4.78, 5) is 2.03. The molecular formula is C12H15F2NO2. The molecule has 5 heteroatoms. The van der Waals surface area contributed by atoms with E-state index in [1.165, 1.54) is 6.07 Å². The van der Waals surface area contributed by atoms with Gasteiger partial charge in [0.05, 0.1) is 6.10 Å². The highest BCUT2D eigenvalue weighted by molar-refractivity contribution is 5.33. The van der Waals surface area contributed by atoms with Crippen LogP contribution in [0.4, 0.5) is 8.78 Å². The van der Waals surface area contributed by atoms with Crippen LogP contribution in [0.5, 0.6) is 5.75 Å². The number of alkyl halides is 2. The Morgan fingerprint density at radius 2 is 2.18 bits per heavy atom. The maximum absolute atomic E-state index is 12.2. The number of halogens is 2. The normalized spacial score (nSPS) is 21.1. The van der Waals surface area contributed by atoms with Gasteiger partial charge >= 0.3 is 6.61 Å². The Labute approximate surface area is 98.6 Å².